The second-order valence-corrected chi connectivity index (χ2v) is 5.87. The first-order valence-corrected chi connectivity index (χ1v) is 7.84. The molecule has 4 heteroatoms. The number of amides is 1. The summed E-state index contributed by atoms with van der Waals surface area (Å²) in [6.07, 6.45) is 7.30. The van der Waals surface area contributed by atoms with Gasteiger partial charge in [0.25, 0.3) is 0 Å². The standard InChI is InChI=1S/C17H26N2O2/c1-21-12-13-7-6-8-14(11-13)16(17(18)20)19-15-9-4-2-3-5-10-15/h6-8,11,15-16,19H,2-5,9-10,12H2,1H3,(H2,18,20). The van der Waals surface area contributed by atoms with E-state index in [0.29, 0.717) is 12.6 Å². The Morgan fingerprint density at radius 3 is 2.67 bits per heavy atom. The number of hydrogen-bond acceptors (Lipinski definition) is 3. The maximum Gasteiger partial charge on any atom is 0.239 e. The Balaban J connectivity index is 2.10. The van der Waals surface area contributed by atoms with E-state index >= 15 is 0 Å². The highest BCUT2D eigenvalue weighted by Crippen LogP contribution is 2.22. The maximum absolute atomic E-state index is 11.9. The molecule has 3 N–H and O–H groups in total. The summed E-state index contributed by atoms with van der Waals surface area (Å²) in [7, 11) is 1.67. The SMILES string of the molecule is COCc1cccc(C(NC2CCCCCC2)C(N)=O)c1. The van der Waals surface area contributed by atoms with Crippen LogP contribution in [0.25, 0.3) is 0 Å². The Kier molecular flexibility index (Phi) is 6.21. The van der Waals surface area contributed by atoms with E-state index in [1.54, 1.807) is 7.11 Å². The minimum Gasteiger partial charge on any atom is -0.380 e. The molecule has 116 valence electrons. The summed E-state index contributed by atoms with van der Waals surface area (Å²) in [4.78, 5) is 11.9. The van der Waals surface area contributed by atoms with E-state index in [2.05, 4.69) is 5.32 Å². The molecule has 1 aliphatic rings. The van der Waals surface area contributed by atoms with Gasteiger partial charge in [-0.3, -0.25) is 10.1 Å². The predicted molar refractivity (Wildman–Crippen MR) is 83.7 cm³/mol. The molecule has 4 nitrogen and oxygen atoms in total. The van der Waals surface area contributed by atoms with Crippen molar-refractivity contribution in [1.82, 2.24) is 5.32 Å². The summed E-state index contributed by atoms with van der Waals surface area (Å²) < 4.78 is 5.15. The predicted octanol–water partition coefficient (Wildman–Crippen LogP) is 2.67. The van der Waals surface area contributed by atoms with Crippen LogP contribution in [-0.4, -0.2) is 19.1 Å². The molecule has 1 atom stereocenters. The number of hydrogen-bond donors (Lipinski definition) is 2. The topological polar surface area (TPSA) is 64.3 Å². The van der Waals surface area contributed by atoms with E-state index in [1.807, 2.05) is 24.3 Å². The number of methoxy groups -OCH3 is 1. The van der Waals surface area contributed by atoms with Gasteiger partial charge in [-0.25, -0.2) is 0 Å². The first-order chi connectivity index (χ1) is 10.2. The molecule has 21 heavy (non-hydrogen) atoms. The zero-order chi connectivity index (χ0) is 15.1. The van der Waals surface area contributed by atoms with Crippen LogP contribution in [0.1, 0.15) is 55.7 Å². The molecule has 1 fully saturated rings. The number of primary amides is 1. The van der Waals surface area contributed by atoms with Gasteiger partial charge < -0.3 is 10.5 Å². The van der Waals surface area contributed by atoms with Gasteiger partial charge in [0.2, 0.25) is 5.91 Å². The van der Waals surface area contributed by atoms with E-state index in [-0.39, 0.29) is 5.91 Å². The maximum atomic E-state index is 11.9. The van der Waals surface area contributed by atoms with Crippen LogP contribution >= 0.6 is 0 Å². The molecule has 1 unspecified atom stereocenters. The van der Waals surface area contributed by atoms with Gasteiger partial charge in [0.1, 0.15) is 6.04 Å². The van der Waals surface area contributed by atoms with Crippen molar-refractivity contribution in [2.24, 2.45) is 5.73 Å². The molecule has 1 aromatic carbocycles. The van der Waals surface area contributed by atoms with E-state index in [0.717, 1.165) is 24.0 Å². The largest absolute Gasteiger partial charge is 0.380 e. The van der Waals surface area contributed by atoms with E-state index < -0.39 is 6.04 Å². The van der Waals surface area contributed by atoms with Crippen LogP contribution in [0.5, 0.6) is 0 Å². The normalized spacial score (nSPS) is 18.1. The highest BCUT2D eigenvalue weighted by molar-refractivity contribution is 5.81. The van der Waals surface area contributed by atoms with Gasteiger partial charge in [-0.1, -0.05) is 49.9 Å². The van der Waals surface area contributed by atoms with Crippen molar-refractivity contribution in [3.05, 3.63) is 35.4 Å². The van der Waals surface area contributed by atoms with Crippen molar-refractivity contribution in [1.29, 1.82) is 0 Å². The van der Waals surface area contributed by atoms with Crippen LogP contribution in [-0.2, 0) is 16.1 Å². The number of rotatable bonds is 6. The lowest BCUT2D eigenvalue weighted by atomic mass is 10.0. The molecule has 0 aliphatic heterocycles. The summed E-state index contributed by atoms with van der Waals surface area (Å²) in [6.45, 7) is 0.544. The average Bonchev–Trinajstić information content (AvgIpc) is 2.73. The number of benzene rings is 1. The number of nitrogens with one attached hydrogen (secondary N) is 1. The molecule has 0 saturated heterocycles. The fourth-order valence-electron chi connectivity index (χ4n) is 3.05. The van der Waals surface area contributed by atoms with Gasteiger partial charge in [0.15, 0.2) is 0 Å². The molecule has 0 aromatic heterocycles. The Hall–Kier alpha value is -1.39. The van der Waals surface area contributed by atoms with E-state index in [9.17, 15) is 4.79 Å². The lowest BCUT2D eigenvalue weighted by Crippen LogP contribution is -2.40. The third-order valence-corrected chi connectivity index (χ3v) is 4.14. The minimum absolute atomic E-state index is 0.311. The third-order valence-electron chi connectivity index (χ3n) is 4.14. The van der Waals surface area contributed by atoms with E-state index in [1.165, 1.54) is 25.7 Å². The second-order valence-electron chi connectivity index (χ2n) is 5.87. The van der Waals surface area contributed by atoms with Gasteiger partial charge in [0.05, 0.1) is 6.61 Å². The third kappa shape index (κ3) is 4.83. The Labute approximate surface area is 127 Å². The van der Waals surface area contributed by atoms with Crippen LogP contribution in [0, 0.1) is 0 Å². The Morgan fingerprint density at radius 2 is 2.05 bits per heavy atom. The Bertz CT molecular complexity index is 454. The Morgan fingerprint density at radius 1 is 1.33 bits per heavy atom. The smallest absolute Gasteiger partial charge is 0.239 e. The summed E-state index contributed by atoms with van der Waals surface area (Å²) in [5.41, 5.74) is 7.61. The fraction of sp³-hybridized carbons (Fsp3) is 0.588. The van der Waals surface area contributed by atoms with Crippen molar-refractivity contribution in [3.63, 3.8) is 0 Å². The minimum atomic E-state index is -0.412. The lowest BCUT2D eigenvalue weighted by molar-refractivity contribution is -0.120. The highest BCUT2D eigenvalue weighted by Gasteiger charge is 2.22. The number of nitrogens with two attached hydrogens (primary N) is 1. The van der Waals surface area contributed by atoms with Gasteiger partial charge in [-0.15, -0.1) is 0 Å². The van der Waals surface area contributed by atoms with Gasteiger partial charge in [-0.2, -0.15) is 0 Å². The molecule has 0 heterocycles. The average molecular weight is 290 g/mol. The van der Waals surface area contributed by atoms with Crippen LogP contribution in [0.4, 0.5) is 0 Å². The van der Waals surface area contributed by atoms with Crippen molar-refractivity contribution >= 4 is 5.91 Å². The zero-order valence-corrected chi connectivity index (χ0v) is 12.8. The zero-order valence-electron chi connectivity index (χ0n) is 12.8. The number of carbonyl (C=O) groups is 1. The molecular formula is C17H26N2O2. The van der Waals surface area contributed by atoms with Crippen molar-refractivity contribution in [2.45, 2.75) is 57.2 Å². The van der Waals surface area contributed by atoms with Gasteiger partial charge in [0, 0.05) is 13.2 Å². The summed E-state index contributed by atoms with van der Waals surface area (Å²) in [5.74, 6) is -0.311. The van der Waals surface area contributed by atoms with Gasteiger partial charge in [-0.05, 0) is 24.0 Å². The van der Waals surface area contributed by atoms with Crippen LogP contribution < -0.4 is 11.1 Å². The second kappa shape index (κ2) is 8.15. The number of ether oxygens (including phenoxy) is 1. The number of carbonyl (C=O) groups excluding carboxylic acids is 1. The van der Waals surface area contributed by atoms with Crippen molar-refractivity contribution in [3.8, 4) is 0 Å². The summed E-state index contributed by atoms with van der Waals surface area (Å²) >= 11 is 0. The highest BCUT2D eigenvalue weighted by atomic mass is 16.5. The van der Waals surface area contributed by atoms with Crippen LogP contribution in [0.3, 0.4) is 0 Å². The molecule has 1 aliphatic carbocycles. The van der Waals surface area contributed by atoms with Crippen LogP contribution in [0.15, 0.2) is 24.3 Å². The molecule has 1 amide bonds. The monoisotopic (exact) mass is 290 g/mol. The molecule has 2 rings (SSSR count). The fourth-order valence-corrected chi connectivity index (χ4v) is 3.05. The summed E-state index contributed by atoms with van der Waals surface area (Å²) in [5, 5.41) is 3.47. The summed E-state index contributed by atoms with van der Waals surface area (Å²) in [6, 6.07) is 7.88. The molecule has 0 bridgehead atoms. The molecule has 1 saturated carbocycles. The lowest BCUT2D eigenvalue weighted by Gasteiger charge is -2.23. The first-order valence-electron chi connectivity index (χ1n) is 7.84. The quantitative estimate of drug-likeness (QED) is 0.792. The van der Waals surface area contributed by atoms with Crippen LogP contribution in [0.2, 0.25) is 0 Å². The molecule has 0 spiro atoms. The van der Waals surface area contributed by atoms with Crippen molar-refractivity contribution in [2.75, 3.05) is 7.11 Å². The molecule has 0 radical (unpaired) electrons. The molecular weight excluding hydrogens is 264 g/mol. The molecule has 1 aromatic rings. The first kappa shape index (κ1) is 16.0. The van der Waals surface area contributed by atoms with Gasteiger partial charge >= 0.3 is 0 Å². The van der Waals surface area contributed by atoms with E-state index in [4.69, 9.17) is 10.5 Å². The van der Waals surface area contributed by atoms with Crippen molar-refractivity contribution < 1.29 is 9.53 Å².